The number of hydrogen-bond donors (Lipinski definition) is 0. The highest BCUT2D eigenvalue weighted by atomic mass is 79.9. The first-order chi connectivity index (χ1) is 5.65. The molecule has 0 spiro atoms. The summed E-state index contributed by atoms with van der Waals surface area (Å²) >= 11 is 8.64. The van der Waals surface area contributed by atoms with Gasteiger partial charge in [0.2, 0.25) is 0 Å². The lowest BCUT2D eigenvalue weighted by molar-refractivity contribution is 0.0589. The monoisotopic (exact) mass is 253 g/mol. The van der Waals surface area contributed by atoms with E-state index in [0.29, 0.717) is 5.76 Å². The predicted molar refractivity (Wildman–Crippen MR) is 45.4 cm³/mol. The highest BCUT2D eigenvalue weighted by Gasteiger charge is 2.15. The number of nitrogens with zero attached hydrogens (tertiary/aromatic N) is 1. The second kappa shape index (κ2) is 3.91. The number of rotatable bonds is 2. The summed E-state index contributed by atoms with van der Waals surface area (Å²) < 4.78 is 8.65. The third-order valence-corrected chi connectivity index (χ3v) is 1.80. The Morgan fingerprint density at radius 2 is 2.58 bits per heavy atom. The van der Waals surface area contributed by atoms with Crippen LogP contribution < -0.4 is 0 Å². The summed E-state index contributed by atoms with van der Waals surface area (Å²) in [5.74, 6) is -0.174. The van der Waals surface area contributed by atoms with E-state index in [2.05, 4.69) is 25.8 Å². The van der Waals surface area contributed by atoms with Crippen LogP contribution in [0.5, 0.6) is 0 Å². The van der Waals surface area contributed by atoms with Crippen molar-refractivity contribution >= 4 is 33.5 Å². The van der Waals surface area contributed by atoms with Crippen LogP contribution in [-0.2, 0) is 4.74 Å². The number of aromatic nitrogens is 1. The second-order valence-electron chi connectivity index (χ2n) is 1.91. The Morgan fingerprint density at radius 1 is 1.92 bits per heavy atom. The zero-order valence-corrected chi connectivity index (χ0v) is 8.42. The standard InChI is InChI=1S/C6H5BrClNO3/c1-11-6(10)3-2-4(5(7)8)12-9-3/h2,5H,1H3. The maximum atomic E-state index is 10.8. The van der Waals surface area contributed by atoms with Crippen molar-refractivity contribution in [1.29, 1.82) is 0 Å². The van der Waals surface area contributed by atoms with Gasteiger partial charge in [0, 0.05) is 6.07 Å². The number of carbonyl (C=O) groups is 1. The molecule has 4 nitrogen and oxygen atoms in total. The van der Waals surface area contributed by atoms with Gasteiger partial charge in [-0.15, -0.1) is 11.6 Å². The van der Waals surface area contributed by atoms with Gasteiger partial charge in [0.1, 0.15) is 4.29 Å². The van der Waals surface area contributed by atoms with E-state index < -0.39 is 10.3 Å². The first-order valence-corrected chi connectivity index (χ1v) is 4.33. The van der Waals surface area contributed by atoms with Gasteiger partial charge >= 0.3 is 5.97 Å². The highest BCUT2D eigenvalue weighted by Crippen LogP contribution is 2.27. The number of carbonyl (C=O) groups excluding carboxylic acids is 1. The van der Waals surface area contributed by atoms with E-state index in [4.69, 9.17) is 16.1 Å². The van der Waals surface area contributed by atoms with Gasteiger partial charge in [0.25, 0.3) is 0 Å². The fourth-order valence-electron chi connectivity index (χ4n) is 0.593. The van der Waals surface area contributed by atoms with Gasteiger partial charge in [-0.2, -0.15) is 0 Å². The number of alkyl halides is 2. The summed E-state index contributed by atoms with van der Waals surface area (Å²) in [5, 5.41) is 3.44. The average Bonchev–Trinajstić information content (AvgIpc) is 2.51. The number of esters is 1. The minimum Gasteiger partial charge on any atom is -0.464 e. The van der Waals surface area contributed by atoms with Gasteiger partial charge in [-0.05, 0) is 0 Å². The molecule has 0 saturated carbocycles. The molecule has 0 aliphatic rings. The predicted octanol–water partition coefficient (Wildman–Crippen LogP) is 2.09. The van der Waals surface area contributed by atoms with Crippen molar-refractivity contribution in [1.82, 2.24) is 5.16 Å². The molecule has 0 amide bonds. The van der Waals surface area contributed by atoms with Gasteiger partial charge in [0.15, 0.2) is 11.5 Å². The Hall–Kier alpha value is -0.550. The van der Waals surface area contributed by atoms with Crippen LogP contribution in [0.15, 0.2) is 10.6 Å². The first-order valence-electron chi connectivity index (χ1n) is 2.98. The smallest absolute Gasteiger partial charge is 0.360 e. The molecule has 0 N–H and O–H groups in total. The number of ether oxygens (including phenoxy) is 1. The Labute approximate surface area is 81.9 Å². The van der Waals surface area contributed by atoms with Gasteiger partial charge in [0.05, 0.1) is 7.11 Å². The van der Waals surface area contributed by atoms with E-state index in [1.54, 1.807) is 0 Å². The van der Waals surface area contributed by atoms with E-state index in [0.717, 1.165) is 0 Å². The van der Waals surface area contributed by atoms with Crippen molar-refractivity contribution < 1.29 is 14.1 Å². The van der Waals surface area contributed by atoms with E-state index in [1.165, 1.54) is 13.2 Å². The van der Waals surface area contributed by atoms with E-state index >= 15 is 0 Å². The molecule has 0 aliphatic heterocycles. The van der Waals surface area contributed by atoms with Gasteiger partial charge < -0.3 is 9.26 Å². The van der Waals surface area contributed by atoms with Crippen molar-refractivity contribution in [3.8, 4) is 0 Å². The molecular weight excluding hydrogens is 249 g/mol. The summed E-state index contributed by atoms with van der Waals surface area (Å²) in [6.07, 6.45) is 0. The molecular formula is C6H5BrClNO3. The molecule has 0 bridgehead atoms. The molecule has 1 unspecified atom stereocenters. The van der Waals surface area contributed by atoms with Crippen LogP contribution in [0, 0.1) is 0 Å². The fraction of sp³-hybridized carbons (Fsp3) is 0.333. The summed E-state index contributed by atoms with van der Waals surface area (Å²) in [4.78, 5) is 10.8. The van der Waals surface area contributed by atoms with Crippen LogP contribution >= 0.6 is 27.5 Å². The molecule has 1 heterocycles. The molecule has 0 radical (unpaired) electrons. The van der Waals surface area contributed by atoms with Crippen LogP contribution in [0.4, 0.5) is 0 Å². The lowest BCUT2D eigenvalue weighted by Crippen LogP contribution is -2.00. The minimum atomic E-state index is -0.546. The third-order valence-electron chi connectivity index (χ3n) is 1.14. The largest absolute Gasteiger partial charge is 0.464 e. The van der Waals surface area contributed by atoms with Crippen molar-refractivity contribution in [3.05, 3.63) is 17.5 Å². The molecule has 0 aliphatic carbocycles. The fourth-order valence-corrected chi connectivity index (χ4v) is 0.912. The zero-order valence-electron chi connectivity index (χ0n) is 6.08. The molecule has 0 saturated heterocycles. The van der Waals surface area contributed by atoms with Crippen molar-refractivity contribution in [2.45, 2.75) is 4.29 Å². The average molecular weight is 254 g/mol. The normalized spacial score (nSPS) is 12.6. The maximum absolute atomic E-state index is 10.8. The summed E-state index contributed by atoms with van der Waals surface area (Å²) in [5.41, 5.74) is 0.109. The Bertz CT molecular complexity index is 286. The van der Waals surface area contributed by atoms with Crippen LogP contribution in [0.1, 0.15) is 20.5 Å². The number of methoxy groups -OCH3 is 1. The maximum Gasteiger partial charge on any atom is 0.360 e. The van der Waals surface area contributed by atoms with E-state index in [-0.39, 0.29) is 5.69 Å². The Kier molecular flexibility index (Phi) is 3.11. The van der Waals surface area contributed by atoms with Crippen LogP contribution in [0.25, 0.3) is 0 Å². The third kappa shape index (κ3) is 1.98. The highest BCUT2D eigenvalue weighted by molar-refractivity contribution is 9.09. The molecule has 66 valence electrons. The van der Waals surface area contributed by atoms with Crippen LogP contribution in [-0.4, -0.2) is 18.2 Å². The van der Waals surface area contributed by atoms with Gasteiger partial charge in [-0.25, -0.2) is 4.79 Å². The van der Waals surface area contributed by atoms with Crippen molar-refractivity contribution in [2.24, 2.45) is 0 Å². The minimum absolute atomic E-state index is 0.109. The second-order valence-corrected chi connectivity index (χ2v) is 3.79. The Balaban J connectivity index is 2.84. The van der Waals surface area contributed by atoms with Crippen molar-refractivity contribution in [2.75, 3.05) is 7.11 Å². The topological polar surface area (TPSA) is 52.3 Å². The number of halogens is 2. The molecule has 1 aromatic heterocycles. The molecule has 0 aromatic carbocycles. The molecule has 1 rings (SSSR count). The lowest BCUT2D eigenvalue weighted by atomic mass is 10.4. The van der Waals surface area contributed by atoms with Crippen molar-refractivity contribution in [3.63, 3.8) is 0 Å². The van der Waals surface area contributed by atoms with Gasteiger partial charge in [-0.1, -0.05) is 21.1 Å². The van der Waals surface area contributed by atoms with E-state index in [1.807, 2.05) is 0 Å². The first kappa shape index (κ1) is 9.54. The SMILES string of the molecule is COC(=O)c1cc(C(Cl)Br)on1. The quantitative estimate of drug-likeness (QED) is 0.599. The molecule has 1 aromatic rings. The molecule has 1 atom stereocenters. The summed E-state index contributed by atoms with van der Waals surface area (Å²) in [7, 11) is 1.27. The zero-order chi connectivity index (χ0) is 9.14. The summed E-state index contributed by atoms with van der Waals surface area (Å²) in [6, 6.07) is 1.41. The number of hydrogen-bond acceptors (Lipinski definition) is 4. The molecule has 0 fully saturated rings. The summed E-state index contributed by atoms with van der Waals surface area (Å²) in [6.45, 7) is 0. The van der Waals surface area contributed by atoms with Crippen LogP contribution in [0.2, 0.25) is 0 Å². The van der Waals surface area contributed by atoms with Crippen LogP contribution in [0.3, 0.4) is 0 Å². The lowest BCUT2D eigenvalue weighted by Gasteiger charge is -1.89. The Morgan fingerprint density at radius 3 is 3.00 bits per heavy atom. The molecule has 12 heavy (non-hydrogen) atoms. The van der Waals surface area contributed by atoms with Gasteiger partial charge in [-0.3, -0.25) is 0 Å². The van der Waals surface area contributed by atoms with E-state index in [9.17, 15) is 4.79 Å². The molecule has 6 heteroatoms.